The molecule has 0 saturated carbocycles. The number of hydrogen-bond donors (Lipinski definition) is 0. The van der Waals surface area contributed by atoms with Gasteiger partial charge in [0.2, 0.25) is 5.91 Å². The Kier molecular flexibility index (Phi) is 4.87. The smallest absolute Gasteiger partial charge is 0.267 e. The number of carbonyl (C=O) groups is 2. The second-order valence-corrected chi connectivity index (χ2v) is 10.7. The summed E-state index contributed by atoms with van der Waals surface area (Å²) in [6.45, 7) is 1.99. The van der Waals surface area contributed by atoms with Gasteiger partial charge in [-0.05, 0) is 61.2 Å². The molecule has 6 nitrogen and oxygen atoms in total. The molecule has 6 rings (SSSR count). The molecule has 0 spiro atoms. The molecule has 0 unspecified atom stereocenters. The van der Waals surface area contributed by atoms with E-state index in [1.807, 2.05) is 48.7 Å². The van der Waals surface area contributed by atoms with Crippen LogP contribution in [0.1, 0.15) is 45.3 Å². The van der Waals surface area contributed by atoms with Crippen LogP contribution in [-0.2, 0) is 27.3 Å². The number of amides is 2. The van der Waals surface area contributed by atoms with Gasteiger partial charge < -0.3 is 0 Å². The summed E-state index contributed by atoms with van der Waals surface area (Å²) < 4.78 is 0. The number of thiophene rings is 2. The minimum atomic E-state index is -0.908. The van der Waals surface area contributed by atoms with Crippen molar-refractivity contribution >= 4 is 45.2 Å². The Labute approximate surface area is 199 Å². The van der Waals surface area contributed by atoms with Crippen molar-refractivity contribution in [2.45, 2.75) is 44.8 Å². The van der Waals surface area contributed by atoms with E-state index < -0.39 is 18.1 Å². The quantitative estimate of drug-likeness (QED) is 0.503. The number of aryl methyl sites for hydroxylation is 2. The lowest BCUT2D eigenvalue weighted by Gasteiger charge is -2.28. The number of hydrogen-bond acceptors (Lipinski definition) is 7. The fraction of sp³-hybridized carbons (Fsp3) is 0.320. The third-order valence-corrected chi connectivity index (χ3v) is 8.99. The van der Waals surface area contributed by atoms with Crippen molar-refractivity contribution in [1.29, 1.82) is 5.26 Å². The molecule has 0 radical (unpaired) electrons. The summed E-state index contributed by atoms with van der Waals surface area (Å²) >= 11 is 2.97. The highest BCUT2D eigenvalue weighted by Crippen LogP contribution is 2.51. The van der Waals surface area contributed by atoms with Gasteiger partial charge >= 0.3 is 0 Å². The van der Waals surface area contributed by atoms with Gasteiger partial charge in [0.05, 0.1) is 11.3 Å². The molecule has 3 atom stereocenters. The Bertz CT molecular complexity index is 1310. The summed E-state index contributed by atoms with van der Waals surface area (Å²) in [5, 5.41) is 14.1. The monoisotopic (exact) mass is 475 g/mol. The van der Waals surface area contributed by atoms with Crippen molar-refractivity contribution in [1.82, 2.24) is 0 Å². The zero-order valence-electron chi connectivity index (χ0n) is 18.0. The Morgan fingerprint density at radius 1 is 1.09 bits per heavy atom. The Hall–Kier alpha value is -2.99. The molecule has 2 amide bonds. The predicted octanol–water partition coefficient (Wildman–Crippen LogP) is 4.92. The Morgan fingerprint density at radius 3 is 2.67 bits per heavy atom. The lowest BCUT2D eigenvalue weighted by molar-refractivity contribution is -0.126. The predicted molar refractivity (Wildman–Crippen MR) is 127 cm³/mol. The highest BCUT2D eigenvalue weighted by atomic mass is 32.1. The minimum absolute atomic E-state index is 0.283. The summed E-state index contributed by atoms with van der Waals surface area (Å²) in [6, 6.07) is 13.6. The maximum atomic E-state index is 13.8. The number of fused-ring (bicyclic) bond motifs is 2. The Balaban J connectivity index is 1.44. The van der Waals surface area contributed by atoms with E-state index in [9.17, 15) is 14.9 Å². The van der Waals surface area contributed by atoms with Crippen molar-refractivity contribution in [2.75, 3.05) is 9.96 Å². The second kappa shape index (κ2) is 7.80. The van der Waals surface area contributed by atoms with Gasteiger partial charge in [0, 0.05) is 9.75 Å². The van der Waals surface area contributed by atoms with Crippen LogP contribution >= 0.6 is 22.7 Å². The molecule has 33 heavy (non-hydrogen) atoms. The molecular weight excluding hydrogens is 454 g/mol. The van der Waals surface area contributed by atoms with E-state index in [0.29, 0.717) is 10.6 Å². The first kappa shape index (κ1) is 20.6. The highest BCUT2D eigenvalue weighted by Gasteiger charge is 2.61. The molecule has 1 aliphatic carbocycles. The third kappa shape index (κ3) is 3.00. The van der Waals surface area contributed by atoms with Gasteiger partial charge in [0.15, 0.2) is 6.10 Å². The molecule has 3 aliphatic rings. The molecule has 2 saturated heterocycles. The van der Waals surface area contributed by atoms with Crippen LogP contribution < -0.4 is 9.96 Å². The molecular formula is C25H21N3O3S2. The van der Waals surface area contributed by atoms with Gasteiger partial charge in [-0.2, -0.15) is 5.26 Å². The summed E-state index contributed by atoms with van der Waals surface area (Å²) in [6.07, 6.45) is 2.91. The number of para-hydroxylation sites is 1. The van der Waals surface area contributed by atoms with E-state index in [0.717, 1.165) is 52.3 Å². The molecule has 2 fully saturated rings. The number of nitriles is 1. The van der Waals surface area contributed by atoms with Crippen LogP contribution in [0.25, 0.3) is 0 Å². The second-order valence-electron chi connectivity index (χ2n) is 8.64. The van der Waals surface area contributed by atoms with Crippen molar-refractivity contribution in [3.63, 3.8) is 0 Å². The van der Waals surface area contributed by atoms with E-state index >= 15 is 0 Å². The third-order valence-electron chi connectivity index (χ3n) is 6.77. The van der Waals surface area contributed by atoms with Gasteiger partial charge in [-0.3, -0.25) is 14.4 Å². The maximum Gasteiger partial charge on any atom is 0.267 e. The van der Waals surface area contributed by atoms with Crippen LogP contribution in [0.2, 0.25) is 0 Å². The standard InChI is InChI=1S/C25H21N3O3S2/c1-14-7-2-4-9-17(14)28-21(19-11-6-12-32-19)20-22(31-28)24(30)27(23(20)29)25-16(13-26)15-8-3-5-10-18(15)33-25/h2,4,6-7,9,11-12,20-22H,3,5,8,10H2,1H3/t20-,21+,22-/m0/s1. The van der Waals surface area contributed by atoms with Gasteiger partial charge in [-0.15, -0.1) is 22.7 Å². The fourth-order valence-corrected chi connectivity index (χ4v) is 7.41. The molecule has 4 heterocycles. The van der Waals surface area contributed by atoms with Crippen LogP contribution in [0.3, 0.4) is 0 Å². The zero-order chi connectivity index (χ0) is 22.7. The summed E-state index contributed by atoms with van der Waals surface area (Å²) in [5.41, 5.74) is 3.36. The van der Waals surface area contributed by atoms with E-state index in [1.54, 1.807) is 16.4 Å². The van der Waals surface area contributed by atoms with Gasteiger partial charge in [-0.25, -0.2) is 9.96 Å². The van der Waals surface area contributed by atoms with Crippen molar-refractivity contribution < 1.29 is 14.4 Å². The van der Waals surface area contributed by atoms with Crippen molar-refractivity contribution in [3.05, 3.63) is 68.2 Å². The van der Waals surface area contributed by atoms with Crippen LogP contribution in [0.4, 0.5) is 10.7 Å². The minimum Gasteiger partial charge on any atom is -0.273 e. The first-order valence-corrected chi connectivity index (χ1v) is 12.8. The van der Waals surface area contributed by atoms with Crippen molar-refractivity contribution in [3.8, 4) is 6.07 Å². The number of carbonyl (C=O) groups excluding carboxylic acids is 2. The van der Waals surface area contributed by atoms with Crippen molar-refractivity contribution in [2.24, 2.45) is 5.92 Å². The molecule has 0 N–H and O–H groups in total. The topological polar surface area (TPSA) is 73.6 Å². The van der Waals surface area contributed by atoms with Crippen LogP contribution in [-0.4, -0.2) is 17.9 Å². The number of nitrogens with zero attached hydrogens (tertiary/aromatic N) is 3. The average Bonchev–Trinajstić information content (AvgIpc) is 3.58. The largest absolute Gasteiger partial charge is 0.273 e. The SMILES string of the molecule is Cc1ccccc1N1O[C@@H]2C(=O)N(c3sc4c(c3C#N)CCCC4)C(=O)[C@H]2[C@H]1c1cccs1. The maximum absolute atomic E-state index is 13.8. The molecule has 166 valence electrons. The lowest BCUT2D eigenvalue weighted by Crippen LogP contribution is -2.37. The lowest BCUT2D eigenvalue weighted by atomic mass is 9.95. The first-order chi connectivity index (χ1) is 16.1. The van der Waals surface area contributed by atoms with E-state index in [1.165, 1.54) is 16.2 Å². The van der Waals surface area contributed by atoms with Gasteiger partial charge in [0.1, 0.15) is 23.0 Å². The Morgan fingerprint density at radius 2 is 1.91 bits per heavy atom. The first-order valence-electron chi connectivity index (χ1n) is 11.1. The summed E-state index contributed by atoms with van der Waals surface area (Å²) in [5.74, 6) is -1.33. The zero-order valence-corrected chi connectivity index (χ0v) is 19.6. The summed E-state index contributed by atoms with van der Waals surface area (Å²) in [7, 11) is 0. The average molecular weight is 476 g/mol. The number of anilines is 2. The number of hydroxylamine groups is 1. The molecule has 2 aromatic heterocycles. The normalized spacial score (nSPS) is 24.2. The molecule has 3 aromatic rings. The molecule has 1 aromatic carbocycles. The summed E-state index contributed by atoms with van der Waals surface area (Å²) in [4.78, 5) is 37.0. The molecule has 8 heteroatoms. The number of imide groups is 1. The molecule has 0 bridgehead atoms. The van der Waals surface area contributed by atoms with Gasteiger partial charge in [-0.1, -0.05) is 24.3 Å². The van der Waals surface area contributed by atoms with Crippen LogP contribution in [0, 0.1) is 24.2 Å². The fourth-order valence-electron chi connectivity index (χ4n) is 5.21. The van der Waals surface area contributed by atoms with Crippen LogP contribution in [0.5, 0.6) is 0 Å². The number of benzene rings is 1. The van der Waals surface area contributed by atoms with E-state index in [4.69, 9.17) is 4.84 Å². The van der Waals surface area contributed by atoms with Gasteiger partial charge in [0.25, 0.3) is 5.91 Å². The van der Waals surface area contributed by atoms with E-state index in [-0.39, 0.29) is 11.8 Å². The highest BCUT2D eigenvalue weighted by molar-refractivity contribution is 7.17. The molecule has 2 aliphatic heterocycles. The van der Waals surface area contributed by atoms with E-state index in [2.05, 4.69) is 6.07 Å². The number of rotatable bonds is 3. The van der Waals surface area contributed by atoms with Crippen LogP contribution in [0.15, 0.2) is 41.8 Å².